The SMILES string of the molecule is CC(=CCl)C(Cl)=CCl. The Hall–Kier alpha value is 0.350. The van der Waals surface area contributed by atoms with E-state index in [1.165, 1.54) is 11.1 Å². The Morgan fingerprint density at radius 1 is 1.25 bits per heavy atom. The van der Waals surface area contributed by atoms with E-state index in [2.05, 4.69) is 0 Å². The van der Waals surface area contributed by atoms with Crippen LogP contribution in [0.5, 0.6) is 0 Å². The molecule has 0 heterocycles. The Bertz CT molecular complexity index is 108. The van der Waals surface area contributed by atoms with E-state index in [4.69, 9.17) is 34.8 Å². The van der Waals surface area contributed by atoms with Gasteiger partial charge in [-0.2, -0.15) is 0 Å². The molecule has 0 aromatic carbocycles. The van der Waals surface area contributed by atoms with Gasteiger partial charge in [-0.1, -0.05) is 34.8 Å². The van der Waals surface area contributed by atoms with Crippen LogP contribution in [-0.2, 0) is 0 Å². The maximum atomic E-state index is 5.49. The minimum absolute atomic E-state index is 0.474. The lowest BCUT2D eigenvalue weighted by Crippen LogP contribution is -1.68. The second kappa shape index (κ2) is 4.25. The molecule has 0 aliphatic carbocycles. The number of hydrogen-bond acceptors (Lipinski definition) is 0. The van der Waals surface area contributed by atoms with E-state index in [1.54, 1.807) is 6.92 Å². The number of allylic oxidation sites excluding steroid dienone is 2. The molecule has 8 heavy (non-hydrogen) atoms. The number of hydrogen-bond donors (Lipinski definition) is 0. The van der Waals surface area contributed by atoms with Crippen LogP contribution < -0.4 is 0 Å². The highest BCUT2D eigenvalue weighted by molar-refractivity contribution is 6.39. The van der Waals surface area contributed by atoms with Crippen LogP contribution in [0.25, 0.3) is 0 Å². The molecule has 0 atom stereocenters. The topological polar surface area (TPSA) is 0 Å². The van der Waals surface area contributed by atoms with Crippen LogP contribution in [-0.4, -0.2) is 0 Å². The van der Waals surface area contributed by atoms with Gasteiger partial charge in [-0.15, -0.1) is 0 Å². The van der Waals surface area contributed by atoms with E-state index >= 15 is 0 Å². The molecule has 0 aliphatic heterocycles. The van der Waals surface area contributed by atoms with Crippen LogP contribution in [0.3, 0.4) is 0 Å². The highest BCUT2D eigenvalue weighted by Crippen LogP contribution is 2.14. The van der Waals surface area contributed by atoms with Crippen LogP contribution >= 0.6 is 34.8 Å². The first kappa shape index (κ1) is 8.35. The predicted molar refractivity (Wildman–Crippen MR) is 39.4 cm³/mol. The third-order valence-electron chi connectivity index (χ3n) is 0.636. The van der Waals surface area contributed by atoms with Gasteiger partial charge in [-0.25, -0.2) is 0 Å². The van der Waals surface area contributed by atoms with Gasteiger partial charge in [-0.05, 0) is 12.5 Å². The van der Waals surface area contributed by atoms with E-state index in [9.17, 15) is 0 Å². The first-order chi connectivity index (χ1) is 3.72. The van der Waals surface area contributed by atoms with Gasteiger partial charge in [0, 0.05) is 11.1 Å². The molecule has 0 aliphatic rings. The molecule has 46 valence electrons. The van der Waals surface area contributed by atoms with E-state index in [-0.39, 0.29) is 0 Å². The van der Waals surface area contributed by atoms with Crippen LogP contribution in [0.4, 0.5) is 0 Å². The fourth-order valence-electron chi connectivity index (χ4n) is 0.138. The van der Waals surface area contributed by atoms with Crippen LogP contribution in [0.2, 0.25) is 0 Å². The first-order valence-corrected chi connectivity index (χ1v) is 3.20. The molecule has 0 saturated heterocycles. The van der Waals surface area contributed by atoms with Crippen molar-refractivity contribution in [3.05, 3.63) is 21.7 Å². The van der Waals surface area contributed by atoms with Crippen molar-refractivity contribution in [1.29, 1.82) is 0 Å². The molecule has 0 aromatic heterocycles. The molecule has 0 rings (SSSR count). The van der Waals surface area contributed by atoms with Crippen molar-refractivity contribution in [2.24, 2.45) is 0 Å². The van der Waals surface area contributed by atoms with Gasteiger partial charge in [0.1, 0.15) is 0 Å². The summed E-state index contributed by atoms with van der Waals surface area (Å²) in [5.41, 5.74) is 3.42. The predicted octanol–water partition coefficient (Wildman–Crippen LogP) is 3.45. The minimum atomic E-state index is 0.474. The molecule has 0 amide bonds. The molecule has 0 N–H and O–H groups in total. The van der Waals surface area contributed by atoms with Gasteiger partial charge in [0.25, 0.3) is 0 Å². The standard InChI is InChI=1S/C5H5Cl3/c1-4(2-6)5(8)3-7/h2-3H,1H3. The maximum absolute atomic E-state index is 5.49. The highest BCUT2D eigenvalue weighted by Gasteiger charge is 1.90. The summed E-state index contributed by atoms with van der Waals surface area (Å²) in [4.78, 5) is 0. The lowest BCUT2D eigenvalue weighted by atomic mass is 10.3. The van der Waals surface area contributed by atoms with Crippen molar-refractivity contribution in [2.45, 2.75) is 6.92 Å². The Morgan fingerprint density at radius 2 is 1.75 bits per heavy atom. The zero-order valence-electron chi connectivity index (χ0n) is 4.29. The molecule has 0 bridgehead atoms. The van der Waals surface area contributed by atoms with Crippen molar-refractivity contribution in [1.82, 2.24) is 0 Å². The van der Waals surface area contributed by atoms with E-state index in [1.807, 2.05) is 0 Å². The van der Waals surface area contributed by atoms with Crippen molar-refractivity contribution in [3.8, 4) is 0 Å². The summed E-state index contributed by atoms with van der Waals surface area (Å²) < 4.78 is 0. The van der Waals surface area contributed by atoms with Gasteiger partial charge in [0.05, 0.1) is 5.03 Å². The molecule has 0 fully saturated rings. The third-order valence-corrected chi connectivity index (χ3v) is 1.70. The lowest BCUT2D eigenvalue weighted by Gasteiger charge is -1.89. The summed E-state index contributed by atoms with van der Waals surface area (Å²) >= 11 is 16.0. The van der Waals surface area contributed by atoms with Gasteiger partial charge in [-0.3, -0.25) is 0 Å². The quantitative estimate of drug-likeness (QED) is 0.530. The van der Waals surface area contributed by atoms with Gasteiger partial charge in [0.15, 0.2) is 0 Å². The van der Waals surface area contributed by atoms with Gasteiger partial charge in [0.2, 0.25) is 0 Å². The second-order valence-corrected chi connectivity index (χ2v) is 2.09. The molecular formula is C5H5Cl3. The lowest BCUT2D eigenvalue weighted by molar-refractivity contribution is 1.53. The zero-order chi connectivity index (χ0) is 6.57. The fraction of sp³-hybridized carbons (Fsp3) is 0.200. The van der Waals surface area contributed by atoms with Crippen molar-refractivity contribution < 1.29 is 0 Å². The van der Waals surface area contributed by atoms with Gasteiger partial charge >= 0.3 is 0 Å². The van der Waals surface area contributed by atoms with Crippen LogP contribution in [0.15, 0.2) is 21.7 Å². The Morgan fingerprint density at radius 3 is 1.88 bits per heavy atom. The van der Waals surface area contributed by atoms with E-state index < -0.39 is 0 Å². The average molecular weight is 171 g/mol. The van der Waals surface area contributed by atoms with Gasteiger partial charge < -0.3 is 0 Å². The fourth-order valence-corrected chi connectivity index (χ4v) is 0.538. The third kappa shape index (κ3) is 2.61. The Labute approximate surface area is 63.7 Å². The summed E-state index contributed by atoms with van der Waals surface area (Å²) in [5, 5.41) is 0.474. The average Bonchev–Trinajstić information content (AvgIpc) is 1.84. The van der Waals surface area contributed by atoms with Crippen LogP contribution in [0, 0.1) is 0 Å². The molecule has 0 spiro atoms. The number of rotatable bonds is 1. The molecule has 0 nitrogen and oxygen atoms in total. The van der Waals surface area contributed by atoms with Crippen molar-refractivity contribution in [3.63, 3.8) is 0 Å². The smallest absolute Gasteiger partial charge is 0.0556 e. The summed E-state index contributed by atoms with van der Waals surface area (Å²) in [7, 11) is 0. The molecule has 0 aromatic rings. The molecular weight excluding hydrogens is 166 g/mol. The monoisotopic (exact) mass is 170 g/mol. The normalized spacial score (nSPS) is 14.5. The summed E-state index contributed by atoms with van der Waals surface area (Å²) in [6.07, 6.45) is 0. The first-order valence-electron chi connectivity index (χ1n) is 1.95. The summed E-state index contributed by atoms with van der Waals surface area (Å²) in [6.45, 7) is 1.77. The zero-order valence-corrected chi connectivity index (χ0v) is 6.56. The van der Waals surface area contributed by atoms with Crippen LogP contribution in [0.1, 0.15) is 6.92 Å². The minimum Gasteiger partial charge on any atom is -0.0926 e. The molecule has 3 heteroatoms. The largest absolute Gasteiger partial charge is 0.0926 e. The Balaban J connectivity index is 4.04. The van der Waals surface area contributed by atoms with E-state index in [0.717, 1.165) is 5.57 Å². The van der Waals surface area contributed by atoms with Crippen molar-refractivity contribution >= 4 is 34.8 Å². The highest BCUT2D eigenvalue weighted by atomic mass is 35.5. The molecule has 0 unspecified atom stereocenters. The maximum Gasteiger partial charge on any atom is 0.0556 e. The molecule has 0 radical (unpaired) electrons. The summed E-state index contributed by atoms with van der Waals surface area (Å²) in [5.74, 6) is 0. The second-order valence-electron chi connectivity index (χ2n) is 1.25. The number of halogens is 3. The van der Waals surface area contributed by atoms with E-state index in [0.29, 0.717) is 5.03 Å². The van der Waals surface area contributed by atoms with Crippen molar-refractivity contribution in [2.75, 3.05) is 0 Å². The Kier molecular flexibility index (Phi) is 4.44. The molecule has 0 saturated carbocycles. The summed E-state index contributed by atoms with van der Waals surface area (Å²) in [6, 6.07) is 0.